The molecule has 0 fully saturated rings. The minimum atomic E-state index is 0.704. The molecule has 0 bridgehead atoms. The fourth-order valence-corrected chi connectivity index (χ4v) is 2.43. The van der Waals surface area contributed by atoms with E-state index in [0.29, 0.717) is 8.64 Å². The van der Waals surface area contributed by atoms with E-state index in [9.17, 15) is 0 Å². The standard InChI is InChI=1S/C15H21N5S4/c1-10(17-19(3)14(21)23-5)12-8-7-9-13(16-12)11(2)18-20(4)15(22)24-6/h7-9H,1-6H3/b17-10+,18-11+. The topological polar surface area (TPSA) is 44.1 Å². The predicted molar refractivity (Wildman–Crippen MR) is 116 cm³/mol. The summed E-state index contributed by atoms with van der Waals surface area (Å²) in [5.74, 6) is 0. The molecule has 1 aromatic heterocycles. The summed E-state index contributed by atoms with van der Waals surface area (Å²) in [4.78, 5) is 4.63. The van der Waals surface area contributed by atoms with E-state index in [1.54, 1.807) is 10.0 Å². The van der Waals surface area contributed by atoms with Gasteiger partial charge in [0, 0.05) is 14.1 Å². The van der Waals surface area contributed by atoms with E-state index in [1.807, 2.05) is 58.7 Å². The zero-order chi connectivity index (χ0) is 18.3. The van der Waals surface area contributed by atoms with Crippen molar-refractivity contribution in [2.75, 3.05) is 26.6 Å². The fraction of sp³-hybridized carbons (Fsp3) is 0.400. The van der Waals surface area contributed by atoms with Crippen molar-refractivity contribution in [3.8, 4) is 0 Å². The van der Waals surface area contributed by atoms with Gasteiger partial charge in [0.05, 0.1) is 22.8 Å². The molecule has 0 aliphatic heterocycles. The molecule has 9 heteroatoms. The van der Waals surface area contributed by atoms with Crippen LogP contribution in [0.1, 0.15) is 25.2 Å². The molecule has 130 valence electrons. The van der Waals surface area contributed by atoms with Crippen molar-refractivity contribution in [3.05, 3.63) is 29.6 Å². The van der Waals surface area contributed by atoms with E-state index in [1.165, 1.54) is 23.5 Å². The van der Waals surface area contributed by atoms with Crippen molar-refractivity contribution in [1.82, 2.24) is 15.0 Å². The van der Waals surface area contributed by atoms with Gasteiger partial charge in [-0.3, -0.25) is 10.0 Å². The fourth-order valence-electron chi connectivity index (χ4n) is 1.74. The molecule has 0 N–H and O–H groups in total. The Hall–Kier alpha value is -1.03. The number of hydrogen-bond acceptors (Lipinski definition) is 7. The SMILES string of the molecule is CSC(=S)N(C)/N=C(\C)c1cccc(/C(C)=N/N(C)C(=S)SC)n1. The summed E-state index contributed by atoms with van der Waals surface area (Å²) >= 11 is 13.4. The van der Waals surface area contributed by atoms with E-state index >= 15 is 0 Å². The Morgan fingerprint density at radius 1 is 0.917 bits per heavy atom. The van der Waals surface area contributed by atoms with Crippen LogP contribution >= 0.6 is 48.0 Å². The maximum Gasteiger partial charge on any atom is 0.156 e. The van der Waals surface area contributed by atoms with Gasteiger partial charge < -0.3 is 0 Å². The van der Waals surface area contributed by atoms with Gasteiger partial charge in [-0.1, -0.05) is 54.0 Å². The van der Waals surface area contributed by atoms with Crippen LogP contribution in [0.3, 0.4) is 0 Å². The van der Waals surface area contributed by atoms with Gasteiger partial charge >= 0.3 is 0 Å². The minimum absolute atomic E-state index is 0.704. The van der Waals surface area contributed by atoms with Gasteiger partial charge in [-0.05, 0) is 38.5 Å². The average molecular weight is 400 g/mol. The number of rotatable bonds is 4. The molecular weight excluding hydrogens is 378 g/mol. The number of thiocarbonyl (C=S) groups is 2. The Balaban J connectivity index is 3.06. The summed E-state index contributed by atoms with van der Waals surface area (Å²) in [6.07, 6.45) is 3.86. The highest BCUT2D eigenvalue weighted by Crippen LogP contribution is 2.09. The Kier molecular flexibility index (Phi) is 8.82. The summed E-state index contributed by atoms with van der Waals surface area (Å²) in [6.45, 7) is 3.82. The normalized spacial score (nSPS) is 12.1. The summed E-state index contributed by atoms with van der Waals surface area (Å²) < 4.78 is 1.41. The van der Waals surface area contributed by atoms with Crippen LogP contribution < -0.4 is 0 Å². The second-order valence-corrected chi connectivity index (χ2v) is 7.65. The first-order valence-corrected chi connectivity index (χ1v) is 10.3. The quantitative estimate of drug-likeness (QED) is 0.434. The highest BCUT2D eigenvalue weighted by Gasteiger charge is 2.08. The highest BCUT2D eigenvalue weighted by molar-refractivity contribution is 8.22. The lowest BCUT2D eigenvalue weighted by Gasteiger charge is -2.14. The summed E-state index contributed by atoms with van der Waals surface area (Å²) in [5.41, 5.74) is 3.15. The molecule has 1 rings (SSSR count). The lowest BCUT2D eigenvalue weighted by atomic mass is 10.2. The van der Waals surface area contributed by atoms with Crippen molar-refractivity contribution >= 4 is 68.0 Å². The van der Waals surface area contributed by atoms with E-state index in [4.69, 9.17) is 24.4 Å². The number of hydrogen-bond donors (Lipinski definition) is 0. The first kappa shape index (κ1) is 21.0. The number of thioether (sulfide) groups is 2. The summed E-state index contributed by atoms with van der Waals surface area (Å²) in [6, 6.07) is 5.78. The van der Waals surface area contributed by atoms with Crippen LogP contribution in [0.4, 0.5) is 0 Å². The summed E-state index contributed by atoms with van der Waals surface area (Å²) in [5, 5.41) is 12.3. The molecular formula is C15H21N5S4. The molecule has 0 aliphatic rings. The van der Waals surface area contributed by atoms with Gasteiger partial charge in [0.15, 0.2) is 8.64 Å². The van der Waals surface area contributed by atoms with Gasteiger partial charge in [0.1, 0.15) is 0 Å². The molecule has 0 radical (unpaired) electrons. The van der Waals surface area contributed by atoms with Gasteiger partial charge in [0.25, 0.3) is 0 Å². The van der Waals surface area contributed by atoms with Gasteiger partial charge in [-0.25, -0.2) is 4.98 Å². The molecule has 24 heavy (non-hydrogen) atoms. The van der Waals surface area contributed by atoms with Gasteiger partial charge in [0.2, 0.25) is 0 Å². The highest BCUT2D eigenvalue weighted by atomic mass is 32.2. The molecule has 1 heterocycles. The average Bonchev–Trinajstić information content (AvgIpc) is 2.59. The Labute approximate surface area is 163 Å². The molecule has 1 aromatic rings. The van der Waals surface area contributed by atoms with E-state index < -0.39 is 0 Å². The van der Waals surface area contributed by atoms with E-state index in [2.05, 4.69) is 15.2 Å². The van der Waals surface area contributed by atoms with Crippen LogP contribution in [0, 0.1) is 0 Å². The maximum atomic E-state index is 5.22. The van der Waals surface area contributed by atoms with Crippen molar-refractivity contribution < 1.29 is 0 Å². The monoisotopic (exact) mass is 399 g/mol. The van der Waals surface area contributed by atoms with Crippen LogP contribution in [0.25, 0.3) is 0 Å². The molecule has 0 atom stereocenters. The third-order valence-corrected chi connectivity index (χ3v) is 5.72. The van der Waals surface area contributed by atoms with E-state index in [-0.39, 0.29) is 0 Å². The number of aromatic nitrogens is 1. The van der Waals surface area contributed by atoms with Crippen molar-refractivity contribution in [3.63, 3.8) is 0 Å². The number of nitrogens with zero attached hydrogens (tertiary/aromatic N) is 5. The van der Waals surface area contributed by atoms with Crippen LogP contribution in [0.15, 0.2) is 28.4 Å². The minimum Gasteiger partial charge on any atom is -0.252 e. The third kappa shape index (κ3) is 6.12. The van der Waals surface area contributed by atoms with Gasteiger partial charge in [-0.2, -0.15) is 10.2 Å². The number of hydrazone groups is 2. The third-order valence-electron chi connectivity index (χ3n) is 2.97. The Bertz CT molecular complexity index is 618. The first-order chi connectivity index (χ1) is 11.3. The van der Waals surface area contributed by atoms with Crippen LogP contribution in [-0.2, 0) is 0 Å². The molecule has 5 nitrogen and oxygen atoms in total. The second-order valence-electron chi connectivity index (χ2n) is 4.77. The van der Waals surface area contributed by atoms with Crippen molar-refractivity contribution in [2.45, 2.75) is 13.8 Å². The molecule has 0 saturated carbocycles. The second kappa shape index (κ2) is 10.1. The number of pyridine rings is 1. The first-order valence-electron chi connectivity index (χ1n) is 7.01. The molecule has 0 unspecified atom stereocenters. The molecule has 0 aliphatic carbocycles. The van der Waals surface area contributed by atoms with Crippen molar-refractivity contribution in [1.29, 1.82) is 0 Å². The zero-order valence-electron chi connectivity index (χ0n) is 14.6. The van der Waals surface area contributed by atoms with Gasteiger partial charge in [-0.15, -0.1) is 0 Å². The molecule has 0 amide bonds. The Morgan fingerprint density at radius 2 is 1.29 bits per heavy atom. The molecule has 0 saturated heterocycles. The predicted octanol–water partition coefficient (Wildman–Crippen LogP) is 3.69. The lowest BCUT2D eigenvalue weighted by Crippen LogP contribution is -2.19. The van der Waals surface area contributed by atoms with E-state index in [0.717, 1.165) is 22.8 Å². The maximum absolute atomic E-state index is 5.22. The summed E-state index contributed by atoms with van der Waals surface area (Å²) in [7, 11) is 3.66. The van der Waals surface area contributed by atoms with Crippen LogP contribution in [0.5, 0.6) is 0 Å². The van der Waals surface area contributed by atoms with Crippen LogP contribution in [-0.4, -0.2) is 61.7 Å². The smallest absolute Gasteiger partial charge is 0.156 e. The van der Waals surface area contributed by atoms with Crippen LogP contribution in [0.2, 0.25) is 0 Å². The molecule has 0 aromatic carbocycles. The molecule has 0 spiro atoms. The van der Waals surface area contributed by atoms with Crippen molar-refractivity contribution in [2.24, 2.45) is 10.2 Å². The Morgan fingerprint density at radius 3 is 1.62 bits per heavy atom. The zero-order valence-corrected chi connectivity index (χ0v) is 17.9. The lowest BCUT2D eigenvalue weighted by molar-refractivity contribution is 0.564. The largest absolute Gasteiger partial charge is 0.252 e.